The van der Waals surface area contributed by atoms with Crippen molar-refractivity contribution in [3.63, 3.8) is 0 Å². The molecule has 1 aliphatic rings. The quantitative estimate of drug-likeness (QED) is 0.645. The van der Waals surface area contributed by atoms with Crippen LogP contribution in [0.4, 0.5) is 0 Å². The minimum atomic E-state index is -0.250. The topological polar surface area (TPSA) is 56.8 Å². The number of nitrogens with one attached hydrogen (secondary N) is 1. The number of rotatable bonds is 9. The summed E-state index contributed by atoms with van der Waals surface area (Å²) in [5, 5.41) is 3.21. The van der Waals surface area contributed by atoms with E-state index in [0.29, 0.717) is 19.6 Å². The lowest BCUT2D eigenvalue weighted by Crippen LogP contribution is -2.40. The van der Waals surface area contributed by atoms with Gasteiger partial charge in [0, 0.05) is 19.8 Å². The largest absolute Gasteiger partial charge is 0.465 e. The van der Waals surface area contributed by atoms with E-state index in [1.165, 1.54) is 0 Å². The SMILES string of the molecule is CCCNC(CCOC1CCOCC1)C(=O)OCC. The van der Waals surface area contributed by atoms with Gasteiger partial charge in [0.2, 0.25) is 0 Å². The first kappa shape index (κ1) is 16.4. The molecule has 1 aliphatic heterocycles. The third-order valence-corrected chi connectivity index (χ3v) is 3.14. The van der Waals surface area contributed by atoms with Gasteiger partial charge in [0.15, 0.2) is 0 Å². The highest BCUT2D eigenvalue weighted by atomic mass is 16.5. The lowest BCUT2D eigenvalue weighted by molar-refractivity contribution is -0.146. The molecule has 1 heterocycles. The maximum absolute atomic E-state index is 11.8. The van der Waals surface area contributed by atoms with Gasteiger partial charge in [-0.1, -0.05) is 6.92 Å². The van der Waals surface area contributed by atoms with Crippen molar-refractivity contribution in [2.75, 3.05) is 33.0 Å². The standard InChI is InChI=1S/C14H27NO4/c1-3-8-15-13(14(16)18-4-2)7-11-19-12-5-9-17-10-6-12/h12-13,15H,3-11H2,1-2H3. The first-order chi connectivity index (χ1) is 9.27. The molecule has 1 unspecified atom stereocenters. The van der Waals surface area contributed by atoms with Crippen molar-refractivity contribution in [1.29, 1.82) is 0 Å². The summed E-state index contributed by atoms with van der Waals surface area (Å²) >= 11 is 0. The molecule has 0 bridgehead atoms. The minimum absolute atomic E-state index is 0.175. The van der Waals surface area contributed by atoms with Gasteiger partial charge in [-0.05, 0) is 39.2 Å². The summed E-state index contributed by atoms with van der Waals surface area (Å²) in [4.78, 5) is 11.8. The normalized spacial score (nSPS) is 18.2. The number of ether oxygens (including phenoxy) is 3. The molecule has 0 amide bonds. The van der Waals surface area contributed by atoms with Gasteiger partial charge in [0.25, 0.3) is 0 Å². The van der Waals surface area contributed by atoms with Crippen LogP contribution in [0.25, 0.3) is 0 Å². The van der Waals surface area contributed by atoms with E-state index >= 15 is 0 Å². The summed E-state index contributed by atoms with van der Waals surface area (Å²) in [7, 11) is 0. The van der Waals surface area contributed by atoms with Gasteiger partial charge in [-0.15, -0.1) is 0 Å². The van der Waals surface area contributed by atoms with Crippen LogP contribution in [0.2, 0.25) is 0 Å². The Morgan fingerprint density at radius 3 is 2.74 bits per heavy atom. The predicted octanol–water partition coefficient (Wildman–Crippen LogP) is 1.50. The summed E-state index contributed by atoms with van der Waals surface area (Å²) in [6, 6.07) is -0.250. The molecule has 0 aromatic rings. The van der Waals surface area contributed by atoms with Gasteiger partial charge in [-0.3, -0.25) is 4.79 Å². The van der Waals surface area contributed by atoms with Gasteiger partial charge in [0.1, 0.15) is 6.04 Å². The van der Waals surface area contributed by atoms with Crippen LogP contribution < -0.4 is 5.32 Å². The Labute approximate surface area is 116 Å². The Kier molecular flexibility index (Phi) is 8.79. The lowest BCUT2D eigenvalue weighted by atomic mass is 10.1. The highest BCUT2D eigenvalue weighted by molar-refractivity contribution is 5.75. The fraction of sp³-hybridized carbons (Fsp3) is 0.929. The van der Waals surface area contributed by atoms with Crippen molar-refractivity contribution in [1.82, 2.24) is 5.32 Å². The second-order valence-corrected chi connectivity index (χ2v) is 4.73. The zero-order valence-electron chi connectivity index (χ0n) is 12.2. The molecule has 0 aliphatic carbocycles. The molecule has 1 N–H and O–H groups in total. The molecule has 19 heavy (non-hydrogen) atoms. The smallest absolute Gasteiger partial charge is 0.323 e. The van der Waals surface area contributed by atoms with E-state index in [1.807, 2.05) is 6.92 Å². The molecule has 0 radical (unpaired) electrons. The number of carbonyl (C=O) groups excluding carboxylic acids is 1. The molecular formula is C14H27NO4. The Bertz CT molecular complexity index is 242. The van der Waals surface area contributed by atoms with Gasteiger partial charge in [-0.25, -0.2) is 0 Å². The Balaban J connectivity index is 2.24. The highest BCUT2D eigenvalue weighted by Gasteiger charge is 2.20. The fourth-order valence-electron chi connectivity index (χ4n) is 2.06. The van der Waals surface area contributed by atoms with Crippen LogP contribution in [-0.2, 0) is 19.0 Å². The first-order valence-electron chi connectivity index (χ1n) is 7.37. The monoisotopic (exact) mass is 273 g/mol. The number of hydrogen-bond acceptors (Lipinski definition) is 5. The maximum atomic E-state index is 11.8. The number of hydrogen-bond donors (Lipinski definition) is 1. The van der Waals surface area contributed by atoms with Crippen LogP contribution in [-0.4, -0.2) is 51.1 Å². The third-order valence-electron chi connectivity index (χ3n) is 3.14. The molecular weight excluding hydrogens is 246 g/mol. The Hall–Kier alpha value is -0.650. The van der Waals surface area contributed by atoms with Crippen LogP contribution >= 0.6 is 0 Å². The van der Waals surface area contributed by atoms with Crippen LogP contribution in [0.5, 0.6) is 0 Å². The van der Waals surface area contributed by atoms with E-state index in [4.69, 9.17) is 14.2 Å². The summed E-state index contributed by atoms with van der Waals surface area (Å²) in [5.41, 5.74) is 0. The zero-order chi connectivity index (χ0) is 13.9. The second kappa shape index (κ2) is 10.2. The summed E-state index contributed by atoms with van der Waals surface area (Å²) in [6.07, 6.45) is 3.84. The van der Waals surface area contributed by atoms with Crippen molar-refractivity contribution in [2.45, 2.75) is 51.7 Å². The van der Waals surface area contributed by atoms with Crippen LogP contribution in [0.15, 0.2) is 0 Å². The molecule has 0 aromatic heterocycles. The van der Waals surface area contributed by atoms with Gasteiger partial charge in [0.05, 0.1) is 12.7 Å². The molecule has 5 heteroatoms. The van der Waals surface area contributed by atoms with Crippen molar-refractivity contribution < 1.29 is 19.0 Å². The molecule has 1 atom stereocenters. The van der Waals surface area contributed by atoms with Crippen LogP contribution in [0.1, 0.15) is 39.5 Å². The first-order valence-corrected chi connectivity index (χ1v) is 7.37. The number of esters is 1. The van der Waals surface area contributed by atoms with Gasteiger partial charge < -0.3 is 19.5 Å². The van der Waals surface area contributed by atoms with E-state index in [9.17, 15) is 4.79 Å². The molecule has 1 rings (SSSR count). The minimum Gasteiger partial charge on any atom is -0.465 e. The van der Waals surface area contributed by atoms with E-state index < -0.39 is 0 Å². The van der Waals surface area contributed by atoms with E-state index in [0.717, 1.165) is 39.0 Å². The summed E-state index contributed by atoms with van der Waals surface area (Å²) in [5.74, 6) is -0.175. The van der Waals surface area contributed by atoms with E-state index in [2.05, 4.69) is 12.2 Å². The second-order valence-electron chi connectivity index (χ2n) is 4.73. The van der Waals surface area contributed by atoms with Crippen LogP contribution in [0.3, 0.4) is 0 Å². The fourth-order valence-corrected chi connectivity index (χ4v) is 2.06. The third kappa shape index (κ3) is 6.89. The van der Waals surface area contributed by atoms with Crippen molar-refractivity contribution in [3.05, 3.63) is 0 Å². The van der Waals surface area contributed by atoms with Crippen molar-refractivity contribution in [3.8, 4) is 0 Å². The summed E-state index contributed by atoms with van der Waals surface area (Å²) in [6.45, 7) is 7.29. The molecule has 112 valence electrons. The van der Waals surface area contributed by atoms with Crippen molar-refractivity contribution in [2.24, 2.45) is 0 Å². The molecule has 5 nitrogen and oxygen atoms in total. The molecule has 1 fully saturated rings. The average Bonchev–Trinajstić information content (AvgIpc) is 2.44. The maximum Gasteiger partial charge on any atom is 0.323 e. The van der Waals surface area contributed by atoms with E-state index in [1.54, 1.807) is 0 Å². The molecule has 0 spiro atoms. The zero-order valence-corrected chi connectivity index (χ0v) is 12.2. The predicted molar refractivity (Wildman–Crippen MR) is 73.1 cm³/mol. The van der Waals surface area contributed by atoms with Gasteiger partial charge in [-0.2, -0.15) is 0 Å². The lowest BCUT2D eigenvalue weighted by Gasteiger charge is -2.23. The van der Waals surface area contributed by atoms with Gasteiger partial charge >= 0.3 is 5.97 Å². The molecule has 1 saturated heterocycles. The summed E-state index contributed by atoms with van der Waals surface area (Å²) < 4.78 is 16.1. The highest BCUT2D eigenvalue weighted by Crippen LogP contribution is 2.11. The number of carbonyl (C=O) groups is 1. The molecule has 0 aromatic carbocycles. The van der Waals surface area contributed by atoms with Crippen LogP contribution in [0, 0.1) is 0 Å². The van der Waals surface area contributed by atoms with Crippen molar-refractivity contribution >= 4 is 5.97 Å². The Morgan fingerprint density at radius 1 is 1.37 bits per heavy atom. The molecule has 0 saturated carbocycles. The average molecular weight is 273 g/mol. The van der Waals surface area contributed by atoms with E-state index in [-0.39, 0.29) is 18.1 Å². The Morgan fingerprint density at radius 2 is 2.11 bits per heavy atom.